The SMILES string of the molecule is COc1ccc(-c2oc3ccccc3c(=O)c2OC(=O)c2cccnc2)cc1Br. The summed E-state index contributed by atoms with van der Waals surface area (Å²) in [6.45, 7) is 0. The molecule has 0 unspecified atom stereocenters. The molecule has 0 amide bonds. The van der Waals surface area contributed by atoms with Crippen molar-refractivity contribution in [1.29, 1.82) is 0 Å². The number of methoxy groups -OCH3 is 1. The molecule has 0 saturated heterocycles. The van der Waals surface area contributed by atoms with E-state index in [-0.39, 0.29) is 17.1 Å². The number of halogens is 1. The second-order valence-corrected chi connectivity index (χ2v) is 6.92. The summed E-state index contributed by atoms with van der Waals surface area (Å²) in [7, 11) is 1.55. The lowest BCUT2D eigenvalue weighted by molar-refractivity contribution is 0.0731. The van der Waals surface area contributed by atoms with Crippen molar-refractivity contribution < 1.29 is 18.7 Å². The molecular weight excluding hydrogens is 438 g/mol. The molecule has 0 aliphatic heterocycles. The first-order valence-electron chi connectivity index (χ1n) is 8.60. The van der Waals surface area contributed by atoms with Crippen LogP contribution in [0.25, 0.3) is 22.3 Å². The highest BCUT2D eigenvalue weighted by atomic mass is 79.9. The average Bonchev–Trinajstić information content (AvgIpc) is 2.76. The first kappa shape index (κ1) is 18.9. The average molecular weight is 452 g/mol. The van der Waals surface area contributed by atoms with Crippen molar-refractivity contribution in [3.63, 3.8) is 0 Å². The zero-order chi connectivity index (χ0) is 20.4. The zero-order valence-electron chi connectivity index (χ0n) is 15.2. The number of pyridine rings is 1. The maximum Gasteiger partial charge on any atom is 0.345 e. The van der Waals surface area contributed by atoms with Crippen LogP contribution in [0.1, 0.15) is 10.4 Å². The van der Waals surface area contributed by atoms with Crippen molar-refractivity contribution in [2.45, 2.75) is 0 Å². The van der Waals surface area contributed by atoms with E-state index in [1.54, 1.807) is 67.9 Å². The third-order valence-electron chi connectivity index (χ3n) is 4.26. The molecule has 0 aliphatic carbocycles. The second kappa shape index (κ2) is 7.89. The molecule has 144 valence electrons. The number of ether oxygens (including phenoxy) is 2. The minimum atomic E-state index is -0.700. The lowest BCUT2D eigenvalue weighted by Gasteiger charge is -2.11. The zero-order valence-corrected chi connectivity index (χ0v) is 16.8. The van der Waals surface area contributed by atoms with Crippen molar-refractivity contribution in [2.75, 3.05) is 7.11 Å². The summed E-state index contributed by atoms with van der Waals surface area (Å²) in [6.07, 6.45) is 2.91. The Morgan fingerprint density at radius 3 is 2.66 bits per heavy atom. The summed E-state index contributed by atoms with van der Waals surface area (Å²) in [6, 6.07) is 15.1. The van der Waals surface area contributed by atoms with Crippen LogP contribution in [0.2, 0.25) is 0 Å². The summed E-state index contributed by atoms with van der Waals surface area (Å²) in [5.74, 6) is -0.121. The Labute approximate surface area is 173 Å². The van der Waals surface area contributed by atoms with Crippen molar-refractivity contribution in [3.05, 3.63) is 87.3 Å². The lowest BCUT2D eigenvalue weighted by Crippen LogP contribution is -2.16. The van der Waals surface area contributed by atoms with Gasteiger partial charge in [0.1, 0.15) is 11.3 Å². The van der Waals surface area contributed by atoms with E-state index >= 15 is 0 Å². The fourth-order valence-corrected chi connectivity index (χ4v) is 3.39. The molecule has 0 saturated carbocycles. The number of rotatable bonds is 4. The molecule has 0 spiro atoms. The van der Waals surface area contributed by atoms with E-state index < -0.39 is 11.4 Å². The third-order valence-corrected chi connectivity index (χ3v) is 4.88. The fourth-order valence-electron chi connectivity index (χ4n) is 2.85. The van der Waals surface area contributed by atoms with E-state index in [1.165, 1.54) is 6.20 Å². The van der Waals surface area contributed by atoms with Gasteiger partial charge in [0.2, 0.25) is 11.2 Å². The third kappa shape index (κ3) is 3.64. The van der Waals surface area contributed by atoms with Gasteiger partial charge in [-0.25, -0.2) is 4.79 Å². The fraction of sp³-hybridized carbons (Fsp3) is 0.0455. The quantitative estimate of drug-likeness (QED) is 0.412. The molecule has 4 aromatic rings. The highest BCUT2D eigenvalue weighted by molar-refractivity contribution is 9.10. The lowest BCUT2D eigenvalue weighted by atomic mass is 10.1. The first-order valence-corrected chi connectivity index (χ1v) is 9.39. The largest absolute Gasteiger partial charge is 0.496 e. The van der Waals surface area contributed by atoms with Crippen LogP contribution in [0.3, 0.4) is 0 Å². The van der Waals surface area contributed by atoms with Crippen molar-refractivity contribution >= 4 is 32.9 Å². The predicted molar refractivity (Wildman–Crippen MR) is 111 cm³/mol. The maximum absolute atomic E-state index is 13.1. The van der Waals surface area contributed by atoms with Gasteiger partial charge in [0.05, 0.1) is 22.5 Å². The van der Waals surface area contributed by atoms with E-state index in [4.69, 9.17) is 13.9 Å². The summed E-state index contributed by atoms with van der Waals surface area (Å²) in [5.41, 5.74) is 0.725. The Bertz CT molecular complexity index is 1270. The van der Waals surface area contributed by atoms with Gasteiger partial charge >= 0.3 is 5.97 Å². The van der Waals surface area contributed by atoms with Crippen LogP contribution in [0, 0.1) is 0 Å². The number of carbonyl (C=O) groups is 1. The molecule has 2 heterocycles. The van der Waals surface area contributed by atoms with Gasteiger partial charge in [-0.1, -0.05) is 12.1 Å². The Kier molecular flexibility index (Phi) is 5.14. The molecule has 4 rings (SSSR count). The Morgan fingerprint density at radius 1 is 1.10 bits per heavy atom. The van der Waals surface area contributed by atoms with Crippen molar-refractivity contribution in [3.8, 4) is 22.8 Å². The van der Waals surface area contributed by atoms with Gasteiger partial charge in [0.15, 0.2) is 5.76 Å². The van der Waals surface area contributed by atoms with Crippen LogP contribution >= 0.6 is 15.9 Å². The molecule has 6 nitrogen and oxygen atoms in total. The number of fused-ring (bicyclic) bond motifs is 1. The normalized spacial score (nSPS) is 10.7. The monoisotopic (exact) mass is 451 g/mol. The van der Waals surface area contributed by atoms with Gasteiger partial charge < -0.3 is 13.9 Å². The van der Waals surface area contributed by atoms with E-state index in [1.807, 2.05) is 0 Å². The summed E-state index contributed by atoms with van der Waals surface area (Å²) in [4.78, 5) is 29.6. The number of carbonyl (C=O) groups excluding carboxylic acids is 1. The van der Waals surface area contributed by atoms with Crippen LogP contribution in [-0.4, -0.2) is 18.1 Å². The number of esters is 1. The molecule has 0 N–H and O–H groups in total. The van der Waals surface area contributed by atoms with Crippen molar-refractivity contribution in [2.24, 2.45) is 0 Å². The molecule has 2 aromatic carbocycles. The number of hydrogen-bond donors (Lipinski definition) is 0. The van der Waals surface area contributed by atoms with Crippen LogP contribution < -0.4 is 14.9 Å². The number of hydrogen-bond acceptors (Lipinski definition) is 6. The molecule has 0 atom stereocenters. The van der Waals surface area contributed by atoms with Crippen LogP contribution in [0.15, 0.2) is 80.7 Å². The smallest absolute Gasteiger partial charge is 0.345 e. The second-order valence-electron chi connectivity index (χ2n) is 6.07. The van der Waals surface area contributed by atoms with Gasteiger partial charge in [-0.2, -0.15) is 0 Å². The summed E-state index contributed by atoms with van der Waals surface area (Å²) >= 11 is 3.42. The van der Waals surface area contributed by atoms with Crippen LogP contribution in [0.4, 0.5) is 0 Å². The number of nitrogens with zero attached hydrogens (tertiary/aromatic N) is 1. The Hall–Kier alpha value is -3.45. The molecule has 0 bridgehead atoms. The highest BCUT2D eigenvalue weighted by Gasteiger charge is 2.22. The minimum absolute atomic E-state index is 0.147. The first-order chi connectivity index (χ1) is 14.1. The molecule has 0 fully saturated rings. The Morgan fingerprint density at radius 2 is 1.93 bits per heavy atom. The van der Waals surface area contributed by atoms with Gasteiger partial charge in [-0.15, -0.1) is 0 Å². The van der Waals surface area contributed by atoms with E-state index in [0.717, 1.165) is 0 Å². The minimum Gasteiger partial charge on any atom is -0.496 e. The standard InChI is InChI=1S/C22H14BrNO5/c1-27-18-9-8-13(11-16(18)23)20-21(29-22(26)14-5-4-10-24-12-14)19(25)15-6-2-3-7-17(15)28-20/h2-12H,1H3. The van der Waals surface area contributed by atoms with Crippen molar-refractivity contribution in [1.82, 2.24) is 4.98 Å². The molecule has 29 heavy (non-hydrogen) atoms. The molecule has 0 radical (unpaired) electrons. The molecule has 0 aliphatic rings. The Balaban J connectivity index is 1.90. The molecule has 7 heteroatoms. The van der Waals surface area contributed by atoms with E-state index in [9.17, 15) is 9.59 Å². The number of para-hydroxylation sites is 1. The number of aromatic nitrogens is 1. The maximum atomic E-state index is 13.1. The summed E-state index contributed by atoms with van der Waals surface area (Å²) < 4.78 is 17.4. The van der Waals surface area contributed by atoms with Crippen LogP contribution in [-0.2, 0) is 0 Å². The van der Waals surface area contributed by atoms with Gasteiger partial charge in [0, 0.05) is 18.0 Å². The van der Waals surface area contributed by atoms with Gasteiger partial charge in [-0.05, 0) is 58.4 Å². The van der Waals surface area contributed by atoms with Crippen LogP contribution in [0.5, 0.6) is 11.5 Å². The topological polar surface area (TPSA) is 78.6 Å². The predicted octanol–water partition coefficient (Wildman–Crippen LogP) is 4.85. The molecular formula is C22H14BrNO5. The van der Waals surface area contributed by atoms with Gasteiger partial charge in [-0.3, -0.25) is 9.78 Å². The highest BCUT2D eigenvalue weighted by Crippen LogP contribution is 2.35. The molecule has 2 aromatic heterocycles. The van der Waals surface area contributed by atoms with E-state index in [0.29, 0.717) is 26.8 Å². The number of benzene rings is 2. The van der Waals surface area contributed by atoms with E-state index in [2.05, 4.69) is 20.9 Å². The van der Waals surface area contributed by atoms with Gasteiger partial charge in [0.25, 0.3) is 0 Å². The summed E-state index contributed by atoms with van der Waals surface area (Å²) in [5, 5.41) is 0.317.